The number of pyridine rings is 1. The summed E-state index contributed by atoms with van der Waals surface area (Å²) in [6, 6.07) is 5.84. The van der Waals surface area contributed by atoms with Gasteiger partial charge in [-0.2, -0.15) is 5.10 Å². The Bertz CT molecular complexity index is 1640. The Balaban J connectivity index is 1.51. The molecule has 13 heteroatoms. The van der Waals surface area contributed by atoms with Crippen molar-refractivity contribution in [2.24, 2.45) is 0 Å². The molecular weight excluding hydrogens is 554 g/mol. The van der Waals surface area contributed by atoms with Crippen LogP contribution in [0.15, 0.2) is 42.9 Å². The minimum Gasteiger partial charge on any atom is -0.494 e. The lowest BCUT2D eigenvalue weighted by atomic mass is 10.1. The fourth-order valence-electron chi connectivity index (χ4n) is 4.46. The van der Waals surface area contributed by atoms with E-state index in [9.17, 15) is 17.2 Å². The third kappa shape index (κ3) is 6.79. The van der Waals surface area contributed by atoms with Crippen molar-refractivity contribution in [2.45, 2.75) is 39.2 Å². The molecule has 0 spiro atoms. The minimum absolute atomic E-state index is 0.0781. The molecule has 216 valence electrons. The number of aromatic nitrogens is 5. The standard InChI is InChI=1S/C28H30F2N6O4S/c1-4-39-20-13-22(29)21(23(30)14-20)16-36-26(18-5-6-18)17(2)25(35-36)28-32-15-24(40-11-12-41(3,37)38)27(34-28)33-19-7-9-31-10-8-19/h7-10,13-15,18H,4-6,11-12,16H2,1-3H3,(H,31,32,33,34). The quantitative estimate of drug-likeness (QED) is 0.250. The molecule has 0 aliphatic heterocycles. The van der Waals surface area contributed by atoms with Crippen LogP contribution in [0.1, 0.15) is 42.5 Å². The monoisotopic (exact) mass is 584 g/mol. The molecule has 1 N–H and O–H groups in total. The maximum absolute atomic E-state index is 14.9. The van der Waals surface area contributed by atoms with E-state index in [-0.39, 0.29) is 47.7 Å². The van der Waals surface area contributed by atoms with E-state index in [1.54, 1.807) is 36.1 Å². The summed E-state index contributed by atoms with van der Waals surface area (Å²) in [4.78, 5) is 13.1. The largest absolute Gasteiger partial charge is 0.494 e. The first kappa shape index (κ1) is 28.4. The number of benzene rings is 1. The number of ether oxygens (including phenoxy) is 2. The second-order valence-electron chi connectivity index (χ2n) is 9.83. The van der Waals surface area contributed by atoms with E-state index in [1.807, 2.05) is 6.92 Å². The van der Waals surface area contributed by atoms with E-state index in [4.69, 9.17) is 14.6 Å². The van der Waals surface area contributed by atoms with Crippen molar-refractivity contribution in [3.63, 3.8) is 0 Å². The molecule has 3 aromatic heterocycles. The Morgan fingerprint density at radius 2 is 1.83 bits per heavy atom. The number of hydrogen-bond donors (Lipinski definition) is 1. The molecule has 1 saturated carbocycles. The molecule has 10 nitrogen and oxygen atoms in total. The number of anilines is 2. The Morgan fingerprint density at radius 1 is 1.12 bits per heavy atom. The third-order valence-electron chi connectivity index (χ3n) is 6.56. The van der Waals surface area contributed by atoms with E-state index >= 15 is 0 Å². The molecule has 5 rings (SSSR count). The van der Waals surface area contributed by atoms with Gasteiger partial charge in [-0.1, -0.05) is 0 Å². The van der Waals surface area contributed by atoms with Crippen LogP contribution in [-0.2, 0) is 16.4 Å². The first-order valence-corrected chi connectivity index (χ1v) is 15.2. The van der Waals surface area contributed by atoms with Crippen molar-refractivity contribution >= 4 is 21.3 Å². The Labute approximate surface area is 236 Å². The predicted molar refractivity (Wildman–Crippen MR) is 149 cm³/mol. The third-order valence-corrected chi connectivity index (χ3v) is 7.47. The average molecular weight is 585 g/mol. The summed E-state index contributed by atoms with van der Waals surface area (Å²) < 4.78 is 65.6. The van der Waals surface area contributed by atoms with Gasteiger partial charge in [0.25, 0.3) is 0 Å². The molecule has 0 unspecified atom stereocenters. The Hall–Kier alpha value is -4.13. The minimum atomic E-state index is -3.23. The van der Waals surface area contributed by atoms with Crippen LogP contribution in [0.25, 0.3) is 11.5 Å². The van der Waals surface area contributed by atoms with Crippen LogP contribution in [-0.4, -0.2) is 58.4 Å². The second kappa shape index (κ2) is 11.8. The van der Waals surface area contributed by atoms with Crippen molar-refractivity contribution in [3.05, 3.63) is 71.3 Å². The van der Waals surface area contributed by atoms with Gasteiger partial charge in [0.05, 0.1) is 25.1 Å². The number of halogens is 2. The highest BCUT2D eigenvalue weighted by Gasteiger charge is 2.32. The lowest BCUT2D eigenvalue weighted by molar-refractivity contribution is 0.335. The molecule has 1 aliphatic carbocycles. The highest BCUT2D eigenvalue weighted by atomic mass is 32.2. The van der Waals surface area contributed by atoms with E-state index in [0.29, 0.717) is 23.8 Å². The summed E-state index contributed by atoms with van der Waals surface area (Å²) >= 11 is 0. The van der Waals surface area contributed by atoms with Crippen LogP contribution in [0.4, 0.5) is 20.3 Å². The van der Waals surface area contributed by atoms with Crippen LogP contribution < -0.4 is 14.8 Å². The molecule has 0 amide bonds. The highest BCUT2D eigenvalue weighted by Crippen LogP contribution is 2.44. The van der Waals surface area contributed by atoms with Crippen LogP contribution in [0.3, 0.4) is 0 Å². The van der Waals surface area contributed by atoms with Gasteiger partial charge in [-0.05, 0) is 38.8 Å². The van der Waals surface area contributed by atoms with E-state index in [0.717, 1.165) is 30.4 Å². The van der Waals surface area contributed by atoms with Gasteiger partial charge in [0, 0.05) is 59.2 Å². The van der Waals surface area contributed by atoms with E-state index in [2.05, 4.69) is 20.3 Å². The molecule has 1 aromatic carbocycles. The SMILES string of the molecule is CCOc1cc(F)c(Cn2nc(-c3ncc(OCCS(C)(=O)=O)c(Nc4ccncc4)n3)c(C)c2C2CC2)c(F)c1. The zero-order valence-corrected chi connectivity index (χ0v) is 23.7. The van der Waals surface area contributed by atoms with Gasteiger partial charge in [0.15, 0.2) is 27.2 Å². The molecule has 4 aromatic rings. The van der Waals surface area contributed by atoms with Gasteiger partial charge in [-0.25, -0.2) is 27.2 Å². The molecule has 0 bridgehead atoms. The smallest absolute Gasteiger partial charge is 0.182 e. The van der Waals surface area contributed by atoms with E-state index < -0.39 is 21.5 Å². The topological polar surface area (TPSA) is 121 Å². The van der Waals surface area contributed by atoms with Crippen molar-refractivity contribution in [1.82, 2.24) is 24.7 Å². The fraction of sp³-hybridized carbons (Fsp3) is 0.357. The number of rotatable bonds is 12. The zero-order valence-electron chi connectivity index (χ0n) is 22.9. The van der Waals surface area contributed by atoms with Gasteiger partial charge in [-0.15, -0.1) is 0 Å². The van der Waals surface area contributed by atoms with Gasteiger partial charge in [0.1, 0.15) is 29.7 Å². The molecule has 0 atom stereocenters. The van der Waals surface area contributed by atoms with Gasteiger partial charge in [-0.3, -0.25) is 9.67 Å². The second-order valence-corrected chi connectivity index (χ2v) is 12.1. The van der Waals surface area contributed by atoms with Crippen LogP contribution in [0.2, 0.25) is 0 Å². The van der Waals surface area contributed by atoms with E-state index in [1.165, 1.54) is 18.3 Å². The number of sulfone groups is 1. The maximum Gasteiger partial charge on any atom is 0.182 e. The van der Waals surface area contributed by atoms with Gasteiger partial charge >= 0.3 is 0 Å². The summed E-state index contributed by atoms with van der Waals surface area (Å²) in [5, 5.41) is 7.88. The normalized spacial score (nSPS) is 13.3. The number of nitrogens with one attached hydrogen (secondary N) is 1. The zero-order chi connectivity index (χ0) is 29.1. The van der Waals surface area contributed by atoms with Crippen molar-refractivity contribution < 1.29 is 26.7 Å². The van der Waals surface area contributed by atoms with Crippen LogP contribution in [0, 0.1) is 18.6 Å². The summed E-state index contributed by atoms with van der Waals surface area (Å²) in [6.07, 6.45) is 7.71. The highest BCUT2D eigenvalue weighted by molar-refractivity contribution is 7.90. The maximum atomic E-state index is 14.9. The van der Waals surface area contributed by atoms with Gasteiger partial charge in [0.2, 0.25) is 0 Å². The molecule has 1 aliphatic rings. The number of hydrogen-bond acceptors (Lipinski definition) is 9. The lowest BCUT2D eigenvalue weighted by Crippen LogP contribution is -2.13. The molecular formula is C28H30F2N6O4S. The first-order chi connectivity index (χ1) is 19.6. The molecule has 0 radical (unpaired) electrons. The Kier molecular flexibility index (Phi) is 8.15. The lowest BCUT2D eigenvalue weighted by Gasteiger charge is -2.13. The predicted octanol–water partition coefficient (Wildman–Crippen LogP) is 4.81. The Morgan fingerprint density at radius 3 is 2.46 bits per heavy atom. The summed E-state index contributed by atoms with van der Waals surface area (Å²) in [7, 11) is -3.23. The summed E-state index contributed by atoms with van der Waals surface area (Å²) in [5.41, 5.74) is 2.74. The molecule has 0 saturated heterocycles. The van der Waals surface area contributed by atoms with Crippen LogP contribution in [0.5, 0.6) is 11.5 Å². The molecule has 1 fully saturated rings. The number of nitrogens with zero attached hydrogens (tertiary/aromatic N) is 5. The van der Waals surface area contributed by atoms with Crippen molar-refractivity contribution in [1.29, 1.82) is 0 Å². The summed E-state index contributed by atoms with van der Waals surface area (Å²) in [6.45, 7) is 3.75. The summed E-state index contributed by atoms with van der Waals surface area (Å²) in [5.74, 6) is -0.391. The van der Waals surface area contributed by atoms with Gasteiger partial charge < -0.3 is 14.8 Å². The fourth-order valence-corrected chi connectivity index (χ4v) is 4.84. The van der Waals surface area contributed by atoms with Crippen molar-refractivity contribution in [2.75, 3.05) is 30.5 Å². The molecule has 41 heavy (non-hydrogen) atoms. The average Bonchev–Trinajstić information content (AvgIpc) is 3.70. The van der Waals surface area contributed by atoms with Crippen molar-refractivity contribution in [3.8, 4) is 23.0 Å². The molecule has 3 heterocycles. The van der Waals surface area contributed by atoms with Crippen LogP contribution >= 0.6 is 0 Å². The first-order valence-electron chi connectivity index (χ1n) is 13.2.